The summed E-state index contributed by atoms with van der Waals surface area (Å²) in [5.74, 6) is -0.942. The second-order valence-corrected chi connectivity index (χ2v) is 6.42. The molecule has 28 heavy (non-hydrogen) atoms. The zero-order valence-electron chi connectivity index (χ0n) is 15.3. The molecule has 0 bridgehead atoms. The Hall–Kier alpha value is -3.39. The van der Waals surface area contributed by atoms with Gasteiger partial charge in [-0.3, -0.25) is 4.79 Å². The third kappa shape index (κ3) is 4.66. The summed E-state index contributed by atoms with van der Waals surface area (Å²) in [6.07, 6.45) is 2.24. The van der Waals surface area contributed by atoms with Crippen molar-refractivity contribution >= 4 is 34.2 Å². The molecule has 3 aromatic rings. The summed E-state index contributed by atoms with van der Waals surface area (Å²) in [5, 5.41) is 18.2. The molecule has 3 amide bonds. The van der Waals surface area contributed by atoms with Gasteiger partial charge in [0, 0.05) is 29.7 Å². The van der Waals surface area contributed by atoms with Crippen LogP contribution in [0, 0.1) is 5.82 Å². The van der Waals surface area contributed by atoms with E-state index in [2.05, 4.69) is 20.9 Å². The van der Waals surface area contributed by atoms with E-state index in [4.69, 9.17) is 0 Å². The lowest BCUT2D eigenvalue weighted by molar-refractivity contribution is -0.114. The molecule has 1 unspecified atom stereocenters. The van der Waals surface area contributed by atoms with Crippen molar-refractivity contribution in [1.29, 1.82) is 0 Å². The lowest BCUT2D eigenvalue weighted by Gasteiger charge is -2.17. The first-order valence-electron chi connectivity index (χ1n) is 8.76. The van der Waals surface area contributed by atoms with Gasteiger partial charge < -0.3 is 26.0 Å². The first kappa shape index (κ1) is 19.4. The summed E-state index contributed by atoms with van der Waals surface area (Å²) in [4.78, 5) is 26.5. The highest BCUT2D eigenvalue weighted by molar-refractivity contribution is 5.93. The van der Waals surface area contributed by atoms with Crippen LogP contribution in [0.15, 0.2) is 48.7 Å². The number of amides is 3. The quantitative estimate of drug-likeness (QED) is 0.451. The molecule has 1 aromatic heterocycles. The predicted octanol–water partition coefficient (Wildman–Crippen LogP) is 2.99. The van der Waals surface area contributed by atoms with E-state index in [1.54, 1.807) is 0 Å². The third-order valence-electron chi connectivity index (χ3n) is 4.23. The minimum Gasteiger partial charge on any atom is -0.394 e. The van der Waals surface area contributed by atoms with Crippen LogP contribution in [-0.4, -0.2) is 34.7 Å². The Bertz CT molecular complexity index is 1000. The average Bonchev–Trinajstić information content (AvgIpc) is 3.06. The van der Waals surface area contributed by atoms with Crippen LogP contribution in [0.25, 0.3) is 10.9 Å². The molecule has 0 saturated heterocycles. The Kier molecular flexibility index (Phi) is 5.90. The van der Waals surface area contributed by atoms with Crippen molar-refractivity contribution < 1.29 is 19.1 Å². The zero-order chi connectivity index (χ0) is 20.1. The molecule has 2 aromatic carbocycles. The van der Waals surface area contributed by atoms with Crippen molar-refractivity contribution in [2.45, 2.75) is 19.4 Å². The topological polar surface area (TPSA) is 106 Å². The highest BCUT2D eigenvalue weighted by Gasteiger charge is 2.16. The highest BCUT2D eigenvalue weighted by atomic mass is 19.1. The Balaban J connectivity index is 1.66. The molecule has 8 heteroatoms. The van der Waals surface area contributed by atoms with E-state index in [1.165, 1.54) is 19.1 Å². The lowest BCUT2D eigenvalue weighted by Crippen LogP contribution is -2.41. The van der Waals surface area contributed by atoms with Gasteiger partial charge in [0.1, 0.15) is 5.82 Å². The summed E-state index contributed by atoms with van der Waals surface area (Å²) < 4.78 is 14.0. The summed E-state index contributed by atoms with van der Waals surface area (Å²) in [6, 6.07) is 10.4. The Morgan fingerprint density at radius 3 is 2.71 bits per heavy atom. The van der Waals surface area contributed by atoms with Gasteiger partial charge >= 0.3 is 6.03 Å². The molecule has 0 saturated carbocycles. The number of anilines is 2. The molecule has 5 N–H and O–H groups in total. The van der Waals surface area contributed by atoms with Gasteiger partial charge in [-0.2, -0.15) is 0 Å². The number of aromatic nitrogens is 1. The van der Waals surface area contributed by atoms with Crippen LogP contribution >= 0.6 is 0 Å². The number of para-hydroxylation sites is 1. The fraction of sp³-hybridized carbons (Fsp3) is 0.200. The number of fused-ring (bicyclic) bond motifs is 1. The summed E-state index contributed by atoms with van der Waals surface area (Å²) in [5.41, 5.74) is 2.21. The molecule has 1 heterocycles. The maximum atomic E-state index is 14.0. The number of hydrogen-bond donors (Lipinski definition) is 5. The first-order valence-corrected chi connectivity index (χ1v) is 8.76. The number of aliphatic hydroxyl groups excluding tert-OH is 1. The molecule has 0 fully saturated rings. The average molecular weight is 384 g/mol. The minimum atomic E-state index is -0.655. The molecule has 1 atom stereocenters. The number of benzene rings is 2. The molecular formula is C20H21FN4O3. The summed E-state index contributed by atoms with van der Waals surface area (Å²) in [6.45, 7) is 1.06. The maximum Gasteiger partial charge on any atom is 0.319 e. The number of halogens is 1. The Morgan fingerprint density at radius 2 is 1.96 bits per heavy atom. The van der Waals surface area contributed by atoms with Crippen molar-refractivity contribution in [1.82, 2.24) is 10.3 Å². The number of urea groups is 1. The molecule has 0 aliphatic heterocycles. The van der Waals surface area contributed by atoms with Crippen molar-refractivity contribution in [3.05, 3.63) is 60.0 Å². The van der Waals surface area contributed by atoms with E-state index in [0.717, 1.165) is 22.5 Å². The molecule has 0 radical (unpaired) electrons. The Morgan fingerprint density at radius 1 is 1.18 bits per heavy atom. The second kappa shape index (κ2) is 8.53. The van der Waals surface area contributed by atoms with Crippen LogP contribution in [0.2, 0.25) is 0 Å². The van der Waals surface area contributed by atoms with Crippen LogP contribution in [0.5, 0.6) is 0 Å². The summed E-state index contributed by atoms with van der Waals surface area (Å²) in [7, 11) is 0. The van der Waals surface area contributed by atoms with Gasteiger partial charge in [0.2, 0.25) is 5.91 Å². The fourth-order valence-electron chi connectivity index (χ4n) is 2.97. The smallest absolute Gasteiger partial charge is 0.319 e. The molecule has 146 valence electrons. The number of carbonyl (C=O) groups is 2. The van der Waals surface area contributed by atoms with E-state index in [9.17, 15) is 19.1 Å². The molecule has 3 rings (SSSR count). The minimum absolute atomic E-state index is 0.0764. The van der Waals surface area contributed by atoms with Crippen molar-refractivity contribution in [3.63, 3.8) is 0 Å². The van der Waals surface area contributed by atoms with Gasteiger partial charge in [-0.05, 0) is 36.2 Å². The number of H-pyrrole nitrogens is 1. The SMILES string of the molecule is CC(=O)Nc1ccc(F)c(NC(=O)NC(CO)Cc2c[nH]c3ccccc23)c1. The van der Waals surface area contributed by atoms with Crippen LogP contribution in [0.3, 0.4) is 0 Å². The molecule has 0 spiro atoms. The number of nitrogens with one attached hydrogen (secondary N) is 4. The maximum absolute atomic E-state index is 14.0. The number of hydrogen-bond acceptors (Lipinski definition) is 3. The predicted molar refractivity (Wildman–Crippen MR) is 106 cm³/mol. The van der Waals surface area contributed by atoms with Gasteiger partial charge in [-0.15, -0.1) is 0 Å². The highest BCUT2D eigenvalue weighted by Crippen LogP contribution is 2.21. The van der Waals surface area contributed by atoms with Crippen molar-refractivity contribution in [2.75, 3.05) is 17.2 Å². The second-order valence-electron chi connectivity index (χ2n) is 6.42. The van der Waals surface area contributed by atoms with Crippen LogP contribution in [-0.2, 0) is 11.2 Å². The van der Waals surface area contributed by atoms with Crippen LogP contribution in [0.4, 0.5) is 20.6 Å². The van der Waals surface area contributed by atoms with E-state index in [1.807, 2.05) is 30.5 Å². The van der Waals surface area contributed by atoms with Crippen LogP contribution < -0.4 is 16.0 Å². The van der Waals surface area contributed by atoms with Gasteiger partial charge in [0.25, 0.3) is 0 Å². The van der Waals surface area contributed by atoms with E-state index in [0.29, 0.717) is 12.1 Å². The van der Waals surface area contributed by atoms with E-state index < -0.39 is 17.9 Å². The number of rotatable bonds is 6. The standard InChI is InChI=1S/C20H21FN4O3/c1-12(27)23-14-6-7-17(21)19(9-14)25-20(28)24-15(11-26)8-13-10-22-18-5-3-2-4-16(13)18/h2-7,9-10,15,22,26H,8,11H2,1H3,(H,23,27)(H2,24,25,28). The van der Waals surface area contributed by atoms with Crippen molar-refractivity contribution in [3.8, 4) is 0 Å². The monoisotopic (exact) mass is 384 g/mol. The van der Waals surface area contributed by atoms with E-state index >= 15 is 0 Å². The lowest BCUT2D eigenvalue weighted by atomic mass is 10.1. The largest absolute Gasteiger partial charge is 0.394 e. The van der Waals surface area contributed by atoms with Gasteiger partial charge in [0.15, 0.2) is 0 Å². The van der Waals surface area contributed by atoms with Gasteiger partial charge in [-0.25, -0.2) is 9.18 Å². The van der Waals surface area contributed by atoms with Crippen molar-refractivity contribution in [2.24, 2.45) is 0 Å². The normalized spacial score (nSPS) is 11.8. The summed E-state index contributed by atoms with van der Waals surface area (Å²) >= 11 is 0. The zero-order valence-corrected chi connectivity index (χ0v) is 15.3. The van der Waals surface area contributed by atoms with Crippen LogP contribution in [0.1, 0.15) is 12.5 Å². The molecule has 7 nitrogen and oxygen atoms in total. The van der Waals surface area contributed by atoms with Gasteiger partial charge in [-0.1, -0.05) is 18.2 Å². The number of carbonyl (C=O) groups excluding carboxylic acids is 2. The fourth-order valence-corrected chi connectivity index (χ4v) is 2.97. The Labute approximate surface area is 161 Å². The molecule has 0 aliphatic rings. The van der Waals surface area contributed by atoms with Gasteiger partial charge in [0.05, 0.1) is 18.3 Å². The van der Waals surface area contributed by atoms with E-state index in [-0.39, 0.29) is 18.2 Å². The number of aromatic amines is 1. The first-order chi connectivity index (χ1) is 13.5. The third-order valence-corrected chi connectivity index (χ3v) is 4.23. The molecule has 0 aliphatic carbocycles. The number of aliphatic hydroxyl groups is 1. The molecular weight excluding hydrogens is 363 g/mol.